The second-order valence-electron chi connectivity index (χ2n) is 5.33. The van der Waals surface area contributed by atoms with Crippen LogP contribution in [0.5, 0.6) is 0 Å². The number of hydrogen-bond donors (Lipinski definition) is 1. The molecule has 15 heavy (non-hydrogen) atoms. The third kappa shape index (κ3) is 4.33. The van der Waals surface area contributed by atoms with Gasteiger partial charge in [0.15, 0.2) is 0 Å². The van der Waals surface area contributed by atoms with E-state index in [1.807, 2.05) is 0 Å². The van der Waals surface area contributed by atoms with E-state index in [0.717, 1.165) is 43.9 Å². The van der Waals surface area contributed by atoms with Crippen LogP contribution in [0.15, 0.2) is 0 Å². The number of unbranched alkanes of at least 4 members (excludes halogenated alkanes) is 1. The summed E-state index contributed by atoms with van der Waals surface area (Å²) in [6.45, 7) is 5.26. The Balaban J connectivity index is 2.31. The zero-order valence-corrected chi connectivity index (χ0v) is 10.2. The first-order valence-corrected chi connectivity index (χ1v) is 6.36. The minimum absolute atomic E-state index is 0.349. The number of hydrogen-bond acceptors (Lipinski definition) is 2. The van der Waals surface area contributed by atoms with Gasteiger partial charge in [-0.05, 0) is 50.5 Å². The van der Waals surface area contributed by atoms with Crippen LogP contribution in [0, 0.1) is 17.8 Å². The molecule has 88 valence electrons. The first-order valence-electron chi connectivity index (χ1n) is 6.36. The number of Topliss-reactive ketones (excluding diaryl/α,β-unsaturated/α-hetero) is 1. The van der Waals surface area contributed by atoms with Crippen molar-refractivity contribution in [3.8, 4) is 0 Å². The van der Waals surface area contributed by atoms with Gasteiger partial charge < -0.3 is 5.73 Å². The highest BCUT2D eigenvalue weighted by molar-refractivity contribution is 5.81. The number of nitrogens with two attached hydrogens (primary N) is 1. The molecule has 0 radical (unpaired) electrons. The minimum Gasteiger partial charge on any atom is -0.330 e. The van der Waals surface area contributed by atoms with Crippen molar-refractivity contribution >= 4 is 5.78 Å². The van der Waals surface area contributed by atoms with Gasteiger partial charge in [-0.25, -0.2) is 0 Å². The third-order valence-corrected chi connectivity index (χ3v) is 3.51. The lowest BCUT2D eigenvalue weighted by atomic mass is 9.74. The fraction of sp³-hybridized carbons (Fsp3) is 0.923. The van der Waals surface area contributed by atoms with Crippen molar-refractivity contribution in [3.05, 3.63) is 0 Å². The van der Waals surface area contributed by atoms with E-state index in [0.29, 0.717) is 18.2 Å². The van der Waals surface area contributed by atoms with Gasteiger partial charge in [-0.2, -0.15) is 0 Å². The van der Waals surface area contributed by atoms with Gasteiger partial charge in [-0.15, -0.1) is 0 Å². The van der Waals surface area contributed by atoms with Crippen LogP contribution in [0.25, 0.3) is 0 Å². The molecule has 1 fully saturated rings. The molecule has 2 atom stereocenters. The van der Waals surface area contributed by atoms with Crippen molar-refractivity contribution in [1.29, 1.82) is 0 Å². The lowest BCUT2D eigenvalue weighted by Crippen LogP contribution is -2.26. The van der Waals surface area contributed by atoms with Crippen LogP contribution in [0.3, 0.4) is 0 Å². The van der Waals surface area contributed by atoms with E-state index in [1.165, 1.54) is 6.42 Å². The summed E-state index contributed by atoms with van der Waals surface area (Å²) in [6.07, 6.45) is 6.25. The number of ketones is 1. The second kappa shape index (κ2) is 6.26. The zero-order valence-electron chi connectivity index (χ0n) is 10.2. The van der Waals surface area contributed by atoms with Gasteiger partial charge in [0.25, 0.3) is 0 Å². The van der Waals surface area contributed by atoms with Gasteiger partial charge in [0.2, 0.25) is 0 Å². The van der Waals surface area contributed by atoms with Crippen LogP contribution >= 0.6 is 0 Å². The summed E-state index contributed by atoms with van der Waals surface area (Å²) in [7, 11) is 0. The highest BCUT2D eigenvalue weighted by Crippen LogP contribution is 2.34. The SMILES string of the molecule is CC1CC(C)CC(C(=O)CCCCN)C1. The minimum atomic E-state index is 0.349. The van der Waals surface area contributed by atoms with E-state index in [-0.39, 0.29) is 0 Å². The van der Waals surface area contributed by atoms with Crippen LogP contribution in [0.2, 0.25) is 0 Å². The van der Waals surface area contributed by atoms with Crippen molar-refractivity contribution in [3.63, 3.8) is 0 Å². The molecule has 0 aromatic heterocycles. The topological polar surface area (TPSA) is 43.1 Å². The first kappa shape index (κ1) is 12.7. The summed E-state index contributed by atoms with van der Waals surface area (Å²) in [6, 6.07) is 0. The van der Waals surface area contributed by atoms with Crippen LogP contribution in [0.1, 0.15) is 52.4 Å². The first-order chi connectivity index (χ1) is 7.13. The van der Waals surface area contributed by atoms with E-state index in [4.69, 9.17) is 5.73 Å². The molecular formula is C13H25NO. The molecule has 0 aliphatic heterocycles. The molecule has 1 rings (SSSR count). The van der Waals surface area contributed by atoms with Gasteiger partial charge >= 0.3 is 0 Å². The Morgan fingerprint density at radius 2 is 1.73 bits per heavy atom. The van der Waals surface area contributed by atoms with E-state index in [1.54, 1.807) is 0 Å². The summed E-state index contributed by atoms with van der Waals surface area (Å²) in [4.78, 5) is 11.9. The molecule has 2 unspecified atom stereocenters. The summed E-state index contributed by atoms with van der Waals surface area (Å²) in [5.41, 5.74) is 5.43. The standard InChI is InChI=1S/C13H25NO/c1-10-7-11(2)9-12(8-10)13(15)5-3-4-6-14/h10-12H,3-9,14H2,1-2H3. The molecule has 2 N–H and O–H groups in total. The average Bonchev–Trinajstić information content (AvgIpc) is 2.16. The zero-order chi connectivity index (χ0) is 11.3. The highest BCUT2D eigenvalue weighted by Gasteiger charge is 2.28. The van der Waals surface area contributed by atoms with Crippen molar-refractivity contribution < 1.29 is 4.79 Å². The molecule has 0 spiro atoms. The van der Waals surface area contributed by atoms with Crippen molar-refractivity contribution in [1.82, 2.24) is 0 Å². The summed E-state index contributed by atoms with van der Waals surface area (Å²) >= 11 is 0. The number of rotatable bonds is 5. The highest BCUT2D eigenvalue weighted by atomic mass is 16.1. The van der Waals surface area contributed by atoms with E-state index >= 15 is 0 Å². The Morgan fingerprint density at radius 1 is 1.13 bits per heavy atom. The fourth-order valence-electron chi connectivity index (χ4n) is 2.86. The maximum atomic E-state index is 11.9. The summed E-state index contributed by atoms with van der Waals surface area (Å²) < 4.78 is 0. The Kier molecular flexibility index (Phi) is 5.30. The molecule has 0 heterocycles. The van der Waals surface area contributed by atoms with Crippen molar-refractivity contribution in [2.24, 2.45) is 23.5 Å². The average molecular weight is 211 g/mol. The molecule has 0 amide bonds. The Labute approximate surface area is 93.6 Å². The maximum Gasteiger partial charge on any atom is 0.135 e. The monoisotopic (exact) mass is 211 g/mol. The van der Waals surface area contributed by atoms with E-state index in [9.17, 15) is 4.79 Å². The normalized spacial score (nSPS) is 31.5. The quantitative estimate of drug-likeness (QED) is 0.711. The fourth-order valence-corrected chi connectivity index (χ4v) is 2.86. The predicted molar refractivity (Wildman–Crippen MR) is 63.6 cm³/mol. The predicted octanol–water partition coefficient (Wildman–Crippen LogP) is 2.76. The van der Waals surface area contributed by atoms with Crippen LogP contribution < -0.4 is 5.73 Å². The van der Waals surface area contributed by atoms with Gasteiger partial charge in [-0.3, -0.25) is 4.79 Å². The lowest BCUT2D eigenvalue weighted by molar-refractivity contribution is -0.124. The number of carbonyl (C=O) groups is 1. The molecule has 0 aromatic carbocycles. The van der Waals surface area contributed by atoms with Crippen LogP contribution in [-0.4, -0.2) is 12.3 Å². The van der Waals surface area contributed by atoms with Crippen molar-refractivity contribution in [2.75, 3.05) is 6.54 Å². The van der Waals surface area contributed by atoms with Gasteiger partial charge in [0.1, 0.15) is 5.78 Å². The maximum absolute atomic E-state index is 11.9. The van der Waals surface area contributed by atoms with Crippen LogP contribution in [0.4, 0.5) is 0 Å². The van der Waals surface area contributed by atoms with Crippen molar-refractivity contribution in [2.45, 2.75) is 52.4 Å². The molecule has 2 heteroatoms. The lowest BCUT2D eigenvalue weighted by Gasteiger charge is -2.30. The second-order valence-corrected chi connectivity index (χ2v) is 5.33. The van der Waals surface area contributed by atoms with Gasteiger partial charge in [0, 0.05) is 12.3 Å². The molecule has 0 saturated heterocycles. The summed E-state index contributed by atoms with van der Waals surface area (Å²) in [5.74, 6) is 2.30. The third-order valence-electron chi connectivity index (χ3n) is 3.51. The molecule has 0 bridgehead atoms. The molecule has 1 aliphatic rings. The van der Waals surface area contributed by atoms with E-state index < -0.39 is 0 Å². The smallest absolute Gasteiger partial charge is 0.135 e. The largest absolute Gasteiger partial charge is 0.330 e. The van der Waals surface area contributed by atoms with Gasteiger partial charge in [0.05, 0.1) is 0 Å². The Hall–Kier alpha value is -0.370. The van der Waals surface area contributed by atoms with Crippen LogP contribution in [-0.2, 0) is 4.79 Å². The molecular weight excluding hydrogens is 186 g/mol. The Bertz CT molecular complexity index is 193. The summed E-state index contributed by atoms with van der Waals surface area (Å²) in [5, 5.41) is 0. The molecule has 2 nitrogen and oxygen atoms in total. The Morgan fingerprint density at radius 3 is 2.27 bits per heavy atom. The molecule has 1 saturated carbocycles. The molecule has 0 aromatic rings. The molecule has 1 aliphatic carbocycles. The van der Waals surface area contributed by atoms with E-state index in [2.05, 4.69) is 13.8 Å². The number of carbonyl (C=O) groups excluding carboxylic acids is 1. The van der Waals surface area contributed by atoms with Gasteiger partial charge in [-0.1, -0.05) is 13.8 Å².